The van der Waals surface area contributed by atoms with Crippen molar-refractivity contribution in [3.8, 4) is 6.07 Å². The number of H-pyrrole nitrogens is 1. The molecule has 2 aromatic carbocycles. The lowest BCUT2D eigenvalue weighted by Crippen LogP contribution is -2.40. The number of hydrogen-bond acceptors (Lipinski definition) is 3. The van der Waals surface area contributed by atoms with E-state index in [1.54, 1.807) is 30.6 Å². The Morgan fingerprint density at radius 2 is 2.04 bits per heavy atom. The highest BCUT2D eigenvalue weighted by atomic mass is 16.2. The van der Waals surface area contributed by atoms with Gasteiger partial charge in [0.05, 0.1) is 23.7 Å². The molecule has 5 heteroatoms. The van der Waals surface area contributed by atoms with Crippen molar-refractivity contribution < 1.29 is 4.79 Å². The van der Waals surface area contributed by atoms with E-state index in [1.165, 1.54) is 0 Å². The Bertz CT molecular complexity index is 955. The summed E-state index contributed by atoms with van der Waals surface area (Å²) in [5.74, 6) is -0.0837. The molecule has 0 saturated heterocycles. The van der Waals surface area contributed by atoms with Gasteiger partial charge in [-0.2, -0.15) is 5.26 Å². The van der Waals surface area contributed by atoms with E-state index >= 15 is 0 Å². The van der Waals surface area contributed by atoms with E-state index in [0.717, 1.165) is 23.4 Å². The molecule has 3 aromatic rings. The fourth-order valence-electron chi connectivity index (χ4n) is 3.36. The summed E-state index contributed by atoms with van der Waals surface area (Å²) >= 11 is 0. The molecule has 1 N–H and O–H groups in total. The van der Waals surface area contributed by atoms with Crippen molar-refractivity contribution in [1.82, 2.24) is 14.9 Å². The normalized spacial score (nSPS) is 16.1. The van der Waals surface area contributed by atoms with Crippen molar-refractivity contribution in [2.45, 2.75) is 12.5 Å². The molecule has 0 radical (unpaired) electrons. The van der Waals surface area contributed by atoms with Gasteiger partial charge >= 0.3 is 0 Å². The number of imidazole rings is 1. The van der Waals surface area contributed by atoms with Crippen LogP contribution in [0.15, 0.2) is 60.9 Å². The largest absolute Gasteiger partial charge is 0.348 e. The Morgan fingerprint density at radius 3 is 2.84 bits per heavy atom. The smallest absolute Gasteiger partial charge is 0.254 e. The van der Waals surface area contributed by atoms with Crippen LogP contribution in [0, 0.1) is 11.3 Å². The minimum atomic E-state index is -0.227. The van der Waals surface area contributed by atoms with Crippen LogP contribution in [0.2, 0.25) is 0 Å². The third-order valence-electron chi connectivity index (χ3n) is 4.54. The average Bonchev–Trinajstić information content (AvgIpc) is 3.16. The number of amides is 1. The number of aromatic amines is 1. The highest BCUT2D eigenvalue weighted by Gasteiger charge is 2.34. The molecule has 2 heterocycles. The molecule has 5 nitrogen and oxygen atoms in total. The number of rotatable bonds is 2. The molecule has 0 spiro atoms. The van der Waals surface area contributed by atoms with Gasteiger partial charge in [-0.1, -0.05) is 36.4 Å². The molecule has 4 rings (SSSR count). The fourth-order valence-corrected chi connectivity index (χ4v) is 3.36. The number of fused-ring (bicyclic) bond motifs is 1. The maximum atomic E-state index is 13.2. The first-order chi connectivity index (χ1) is 12.3. The first kappa shape index (κ1) is 15.2. The zero-order chi connectivity index (χ0) is 17.2. The third-order valence-corrected chi connectivity index (χ3v) is 4.54. The number of aromatic nitrogens is 2. The van der Waals surface area contributed by atoms with Crippen LogP contribution in [0.3, 0.4) is 0 Å². The molecule has 0 fully saturated rings. The van der Waals surface area contributed by atoms with Crippen molar-refractivity contribution in [2.75, 3.05) is 6.54 Å². The second kappa shape index (κ2) is 6.25. The summed E-state index contributed by atoms with van der Waals surface area (Å²) in [4.78, 5) is 22.7. The molecule has 0 aliphatic carbocycles. The maximum absolute atomic E-state index is 13.2. The SMILES string of the molecule is N#Cc1cccc(C(=O)N2CCc3[nH]cnc3C2c2ccccc2)c1. The quantitative estimate of drug-likeness (QED) is 0.786. The fraction of sp³-hybridized carbons (Fsp3) is 0.150. The number of benzene rings is 2. The van der Waals surface area contributed by atoms with Crippen molar-refractivity contribution in [1.29, 1.82) is 5.26 Å². The first-order valence-corrected chi connectivity index (χ1v) is 8.16. The lowest BCUT2D eigenvalue weighted by molar-refractivity contribution is 0.0690. The lowest BCUT2D eigenvalue weighted by atomic mass is 9.94. The zero-order valence-electron chi connectivity index (χ0n) is 13.5. The number of carbonyl (C=O) groups excluding carboxylic acids is 1. The van der Waals surface area contributed by atoms with E-state index < -0.39 is 0 Å². The summed E-state index contributed by atoms with van der Waals surface area (Å²) in [5, 5.41) is 9.10. The van der Waals surface area contributed by atoms with Crippen molar-refractivity contribution >= 4 is 5.91 Å². The van der Waals surface area contributed by atoms with E-state index in [2.05, 4.69) is 16.0 Å². The van der Waals surface area contributed by atoms with Crippen LogP contribution in [-0.4, -0.2) is 27.3 Å². The predicted octanol–water partition coefficient (Wildman–Crippen LogP) is 3.07. The molecule has 1 atom stereocenters. The van der Waals surface area contributed by atoms with Gasteiger partial charge in [0, 0.05) is 24.2 Å². The molecule has 1 aliphatic rings. The van der Waals surface area contributed by atoms with E-state index in [4.69, 9.17) is 5.26 Å². The summed E-state index contributed by atoms with van der Waals surface area (Å²) in [6.45, 7) is 0.602. The minimum Gasteiger partial charge on any atom is -0.348 e. The molecule has 0 saturated carbocycles. The van der Waals surface area contributed by atoms with Crippen molar-refractivity contribution in [3.05, 3.63) is 89.0 Å². The van der Waals surface area contributed by atoms with Crippen molar-refractivity contribution in [3.63, 3.8) is 0 Å². The van der Waals surface area contributed by atoms with Gasteiger partial charge in [-0.05, 0) is 23.8 Å². The summed E-state index contributed by atoms with van der Waals surface area (Å²) in [6, 6.07) is 18.6. The number of nitrogens with one attached hydrogen (secondary N) is 1. The van der Waals surface area contributed by atoms with Crippen LogP contribution >= 0.6 is 0 Å². The summed E-state index contributed by atoms with van der Waals surface area (Å²) < 4.78 is 0. The third kappa shape index (κ3) is 2.68. The molecule has 122 valence electrons. The maximum Gasteiger partial charge on any atom is 0.254 e. The van der Waals surface area contributed by atoms with Gasteiger partial charge in [0.25, 0.3) is 5.91 Å². The van der Waals surface area contributed by atoms with Crippen LogP contribution < -0.4 is 0 Å². The molecular weight excluding hydrogens is 312 g/mol. The van der Waals surface area contributed by atoms with Crippen LogP contribution in [0.5, 0.6) is 0 Å². The number of nitriles is 1. The molecule has 1 unspecified atom stereocenters. The van der Waals surface area contributed by atoms with Crippen LogP contribution in [-0.2, 0) is 6.42 Å². The van der Waals surface area contributed by atoms with Gasteiger partial charge in [0.2, 0.25) is 0 Å². The summed E-state index contributed by atoms with van der Waals surface area (Å²) in [7, 11) is 0. The molecular formula is C20H16N4O. The van der Waals surface area contributed by atoms with Crippen LogP contribution in [0.1, 0.15) is 38.9 Å². The second-order valence-electron chi connectivity index (χ2n) is 6.02. The topological polar surface area (TPSA) is 72.8 Å². The monoisotopic (exact) mass is 328 g/mol. The van der Waals surface area contributed by atoms with E-state index in [9.17, 15) is 4.79 Å². The summed E-state index contributed by atoms with van der Waals surface area (Å²) in [5.41, 5.74) is 4.00. The number of carbonyl (C=O) groups is 1. The summed E-state index contributed by atoms with van der Waals surface area (Å²) in [6.07, 6.45) is 2.42. The van der Waals surface area contributed by atoms with Gasteiger partial charge in [0.1, 0.15) is 6.04 Å². The lowest BCUT2D eigenvalue weighted by Gasteiger charge is -2.35. The molecule has 25 heavy (non-hydrogen) atoms. The van der Waals surface area contributed by atoms with Gasteiger partial charge in [-0.15, -0.1) is 0 Å². The van der Waals surface area contributed by atoms with Gasteiger partial charge in [-0.3, -0.25) is 4.79 Å². The number of hydrogen-bond donors (Lipinski definition) is 1. The standard InChI is InChI=1S/C20H16N4O/c21-12-14-5-4-8-16(11-14)20(25)24-10-9-17-18(23-13-22-17)19(24)15-6-2-1-3-7-15/h1-8,11,13,19H,9-10H2,(H,22,23). The number of nitrogens with zero attached hydrogens (tertiary/aromatic N) is 3. The molecule has 1 amide bonds. The highest BCUT2D eigenvalue weighted by Crippen LogP contribution is 2.34. The highest BCUT2D eigenvalue weighted by molar-refractivity contribution is 5.95. The van der Waals surface area contributed by atoms with E-state index in [0.29, 0.717) is 17.7 Å². The Hall–Kier alpha value is -3.39. The van der Waals surface area contributed by atoms with Gasteiger partial charge < -0.3 is 9.88 Å². The van der Waals surface area contributed by atoms with Crippen LogP contribution in [0.25, 0.3) is 0 Å². The zero-order valence-corrected chi connectivity index (χ0v) is 13.5. The van der Waals surface area contributed by atoms with E-state index in [1.807, 2.05) is 35.2 Å². The van der Waals surface area contributed by atoms with Crippen LogP contribution in [0.4, 0.5) is 0 Å². The average molecular weight is 328 g/mol. The Labute approximate surface area is 145 Å². The first-order valence-electron chi connectivity index (χ1n) is 8.16. The van der Waals surface area contributed by atoms with Gasteiger partial charge in [0.15, 0.2) is 0 Å². The predicted molar refractivity (Wildman–Crippen MR) is 92.8 cm³/mol. The molecule has 0 bridgehead atoms. The Morgan fingerprint density at radius 1 is 1.20 bits per heavy atom. The molecule has 1 aliphatic heterocycles. The molecule has 1 aromatic heterocycles. The second-order valence-corrected chi connectivity index (χ2v) is 6.02. The van der Waals surface area contributed by atoms with Gasteiger partial charge in [-0.25, -0.2) is 4.98 Å². The van der Waals surface area contributed by atoms with Crippen molar-refractivity contribution in [2.24, 2.45) is 0 Å². The Kier molecular flexibility index (Phi) is 3.79. The Balaban J connectivity index is 1.77. The van der Waals surface area contributed by atoms with E-state index in [-0.39, 0.29) is 11.9 Å². The minimum absolute atomic E-state index is 0.0837.